The Kier molecular flexibility index (Phi) is 6.30. The number of nitrogens with one attached hydrogen (secondary N) is 1. The molecule has 2 nitrogen and oxygen atoms in total. The maximum atomic E-state index is 13.0. The van der Waals surface area contributed by atoms with Gasteiger partial charge in [0.2, 0.25) is 0 Å². The third-order valence-corrected chi connectivity index (χ3v) is 4.76. The highest BCUT2D eigenvalue weighted by Gasteiger charge is 2.06. The van der Waals surface area contributed by atoms with E-state index in [1.807, 2.05) is 6.92 Å². The number of halogens is 2. The van der Waals surface area contributed by atoms with Gasteiger partial charge in [-0.25, -0.2) is 4.39 Å². The molecular formula is C12H17BrFNOS. The molecular weight excluding hydrogens is 305 g/mol. The Morgan fingerprint density at radius 1 is 1.53 bits per heavy atom. The molecule has 0 spiro atoms. The molecule has 5 heteroatoms. The predicted octanol–water partition coefficient (Wildman–Crippen LogP) is 2.83. The van der Waals surface area contributed by atoms with Crippen molar-refractivity contribution in [1.82, 2.24) is 5.32 Å². The predicted molar refractivity (Wildman–Crippen MR) is 74.0 cm³/mol. The first-order chi connectivity index (χ1) is 8.00. The Hall–Kier alpha value is -0.260. The van der Waals surface area contributed by atoms with Crippen molar-refractivity contribution in [2.45, 2.75) is 25.1 Å². The Labute approximate surface area is 113 Å². The van der Waals surface area contributed by atoms with Crippen LogP contribution in [0.1, 0.15) is 18.9 Å². The van der Waals surface area contributed by atoms with E-state index >= 15 is 0 Å². The summed E-state index contributed by atoms with van der Waals surface area (Å²) in [4.78, 5) is 0. The lowest BCUT2D eigenvalue weighted by atomic mass is 10.2. The molecule has 17 heavy (non-hydrogen) atoms. The molecule has 0 saturated heterocycles. The SMILES string of the molecule is C[C@@H](CCNCc1cc(F)ccc1Br)[S@@](C)=O. The summed E-state index contributed by atoms with van der Waals surface area (Å²) in [5, 5.41) is 3.42. The molecule has 1 aromatic carbocycles. The molecule has 0 aromatic heterocycles. The van der Waals surface area contributed by atoms with Gasteiger partial charge in [-0.1, -0.05) is 22.9 Å². The lowest BCUT2D eigenvalue weighted by Gasteiger charge is -2.10. The summed E-state index contributed by atoms with van der Waals surface area (Å²) in [6, 6.07) is 4.64. The zero-order valence-corrected chi connectivity index (χ0v) is 12.4. The van der Waals surface area contributed by atoms with Gasteiger partial charge in [-0.2, -0.15) is 0 Å². The molecule has 0 saturated carbocycles. The van der Waals surface area contributed by atoms with E-state index in [4.69, 9.17) is 0 Å². The van der Waals surface area contributed by atoms with Crippen LogP contribution in [0.2, 0.25) is 0 Å². The molecule has 0 amide bonds. The summed E-state index contributed by atoms with van der Waals surface area (Å²) < 4.78 is 25.0. The van der Waals surface area contributed by atoms with Gasteiger partial charge in [-0.3, -0.25) is 4.21 Å². The Bertz CT molecular complexity index is 400. The second-order valence-electron chi connectivity index (χ2n) is 4.01. The second-order valence-corrected chi connectivity index (χ2v) is 6.67. The fraction of sp³-hybridized carbons (Fsp3) is 0.500. The second kappa shape index (κ2) is 7.24. The van der Waals surface area contributed by atoms with Crippen LogP contribution in [-0.4, -0.2) is 22.3 Å². The molecule has 0 heterocycles. The van der Waals surface area contributed by atoms with Crippen LogP contribution in [0, 0.1) is 5.82 Å². The van der Waals surface area contributed by atoms with Crippen molar-refractivity contribution in [3.63, 3.8) is 0 Å². The molecule has 0 bridgehead atoms. The Balaban J connectivity index is 2.36. The van der Waals surface area contributed by atoms with Crippen molar-refractivity contribution in [3.05, 3.63) is 34.1 Å². The number of hydrogen-bond acceptors (Lipinski definition) is 2. The van der Waals surface area contributed by atoms with Crippen molar-refractivity contribution in [1.29, 1.82) is 0 Å². The van der Waals surface area contributed by atoms with E-state index in [1.165, 1.54) is 12.1 Å². The van der Waals surface area contributed by atoms with E-state index in [9.17, 15) is 8.60 Å². The van der Waals surface area contributed by atoms with Gasteiger partial charge in [-0.15, -0.1) is 0 Å². The van der Waals surface area contributed by atoms with Crippen LogP contribution in [0.5, 0.6) is 0 Å². The van der Waals surface area contributed by atoms with E-state index in [1.54, 1.807) is 12.3 Å². The van der Waals surface area contributed by atoms with Gasteiger partial charge in [0.25, 0.3) is 0 Å². The molecule has 0 radical (unpaired) electrons. The highest BCUT2D eigenvalue weighted by Crippen LogP contribution is 2.17. The minimum atomic E-state index is -0.776. The normalized spacial score (nSPS) is 14.6. The molecule has 0 unspecified atom stereocenters. The van der Waals surface area contributed by atoms with Crippen molar-refractivity contribution < 1.29 is 8.60 Å². The van der Waals surface area contributed by atoms with Gasteiger partial charge < -0.3 is 5.32 Å². The average molecular weight is 322 g/mol. The molecule has 2 atom stereocenters. The summed E-state index contributed by atoms with van der Waals surface area (Å²) in [7, 11) is -0.776. The van der Waals surface area contributed by atoms with Crippen LogP contribution in [0.15, 0.2) is 22.7 Å². The first-order valence-electron chi connectivity index (χ1n) is 5.47. The summed E-state index contributed by atoms with van der Waals surface area (Å²) in [6.45, 7) is 3.36. The minimum Gasteiger partial charge on any atom is -0.313 e. The van der Waals surface area contributed by atoms with Crippen LogP contribution in [0.3, 0.4) is 0 Å². The largest absolute Gasteiger partial charge is 0.313 e. The summed E-state index contributed by atoms with van der Waals surface area (Å²) >= 11 is 3.38. The fourth-order valence-corrected chi connectivity index (χ4v) is 2.21. The maximum Gasteiger partial charge on any atom is 0.123 e. The zero-order valence-electron chi connectivity index (χ0n) is 10.0. The quantitative estimate of drug-likeness (QED) is 0.816. The van der Waals surface area contributed by atoms with E-state index < -0.39 is 10.8 Å². The lowest BCUT2D eigenvalue weighted by molar-refractivity contribution is 0.611. The van der Waals surface area contributed by atoms with Crippen LogP contribution in [-0.2, 0) is 17.3 Å². The van der Waals surface area contributed by atoms with Crippen molar-refractivity contribution >= 4 is 26.7 Å². The van der Waals surface area contributed by atoms with Gasteiger partial charge in [0.15, 0.2) is 0 Å². The minimum absolute atomic E-state index is 0.193. The first-order valence-corrected chi connectivity index (χ1v) is 7.89. The van der Waals surface area contributed by atoms with E-state index in [0.29, 0.717) is 6.54 Å². The molecule has 1 rings (SSSR count). The van der Waals surface area contributed by atoms with E-state index in [0.717, 1.165) is 23.0 Å². The molecule has 0 aliphatic heterocycles. The fourth-order valence-electron chi connectivity index (χ4n) is 1.37. The van der Waals surface area contributed by atoms with Crippen LogP contribution < -0.4 is 5.32 Å². The topological polar surface area (TPSA) is 29.1 Å². The molecule has 96 valence electrons. The number of hydrogen-bond donors (Lipinski definition) is 1. The van der Waals surface area contributed by atoms with Gasteiger partial charge in [0, 0.05) is 33.3 Å². The first kappa shape index (κ1) is 14.8. The highest BCUT2D eigenvalue weighted by atomic mass is 79.9. The average Bonchev–Trinajstić information content (AvgIpc) is 2.28. The summed E-state index contributed by atoms with van der Waals surface area (Å²) in [5.74, 6) is -0.229. The van der Waals surface area contributed by atoms with Gasteiger partial charge in [0.1, 0.15) is 5.82 Å². The molecule has 0 fully saturated rings. The van der Waals surface area contributed by atoms with Crippen LogP contribution in [0.25, 0.3) is 0 Å². The molecule has 1 aromatic rings. The third-order valence-electron chi connectivity index (χ3n) is 2.62. The smallest absolute Gasteiger partial charge is 0.123 e. The zero-order chi connectivity index (χ0) is 12.8. The van der Waals surface area contributed by atoms with E-state index in [2.05, 4.69) is 21.2 Å². The molecule has 1 N–H and O–H groups in total. The van der Waals surface area contributed by atoms with E-state index in [-0.39, 0.29) is 11.1 Å². The van der Waals surface area contributed by atoms with Crippen molar-refractivity contribution in [3.8, 4) is 0 Å². The standard InChI is InChI=1S/C12H17BrFNOS/c1-9(17(2)16)5-6-15-8-10-7-11(14)3-4-12(10)13/h3-4,7,9,15H,5-6,8H2,1-2H3/t9-,17+/m0/s1. The monoisotopic (exact) mass is 321 g/mol. The third kappa shape index (κ3) is 5.27. The van der Waals surface area contributed by atoms with Gasteiger partial charge in [0.05, 0.1) is 0 Å². The molecule has 0 aliphatic rings. The van der Waals surface area contributed by atoms with Crippen LogP contribution >= 0.6 is 15.9 Å². The maximum absolute atomic E-state index is 13.0. The van der Waals surface area contributed by atoms with Crippen LogP contribution in [0.4, 0.5) is 4.39 Å². The van der Waals surface area contributed by atoms with Crippen molar-refractivity contribution in [2.75, 3.05) is 12.8 Å². The summed E-state index contributed by atoms with van der Waals surface area (Å²) in [5.41, 5.74) is 0.898. The lowest BCUT2D eigenvalue weighted by Crippen LogP contribution is -2.21. The Morgan fingerprint density at radius 3 is 2.88 bits per heavy atom. The Morgan fingerprint density at radius 2 is 2.24 bits per heavy atom. The highest BCUT2D eigenvalue weighted by molar-refractivity contribution is 9.10. The number of benzene rings is 1. The number of rotatable bonds is 6. The summed E-state index contributed by atoms with van der Waals surface area (Å²) in [6.07, 6.45) is 2.57. The van der Waals surface area contributed by atoms with Gasteiger partial charge >= 0.3 is 0 Å². The van der Waals surface area contributed by atoms with Crippen molar-refractivity contribution in [2.24, 2.45) is 0 Å². The van der Waals surface area contributed by atoms with Gasteiger partial charge in [-0.05, 0) is 36.7 Å². The molecule has 0 aliphatic carbocycles.